The van der Waals surface area contributed by atoms with E-state index in [1.54, 1.807) is 0 Å². The van der Waals surface area contributed by atoms with Gasteiger partial charge in [0.15, 0.2) is 5.78 Å². The van der Waals surface area contributed by atoms with Crippen LogP contribution in [-0.2, 0) is 0 Å². The van der Waals surface area contributed by atoms with Gasteiger partial charge in [0.1, 0.15) is 5.69 Å². The highest BCUT2D eigenvalue weighted by molar-refractivity contribution is 6.01. The van der Waals surface area contributed by atoms with Crippen molar-refractivity contribution < 1.29 is 14.7 Å². The molecule has 2 unspecified atom stereocenters. The van der Waals surface area contributed by atoms with E-state index in [4.69, 9.17) is 5.11 Å². The lowest BCUT2D eigenvalue weighted by molar-refractivity contribution is 0.0691. The fourth-order valence-corrected chi connectivity index (χ4v) is 3.23. The van der Waals surface area contributed by atoms with E-state index in [1.165, 1.54) is 25.1 Å². The van der Waals surface area contributed by atoms with E-state index < -0.39 is 5.97 Å². The number of fused-ring (bicyclic) bond motifs is 1. The fourth-order valence-electron chi connectivity index (χ4n) is 3.23. The van der Waals surface area contributed by atoms with E-state index in [0.29, 0.717) is 17.4 Å². The van der Waals surface area contributed by atoms with Crippen LogP contribution in [0.3, 0.4) is 0 Å². The third kappa shape index (κ3) is 1.68. The second-order valence-corrected chi connectivity index (χ2v) is 5.11. The lowest BCUT2D eigenvalue weighted by Crippen LogP contribution is -2.03. The summed E-state index contributed by atoms with van der Waals surface area (Å²) in [5, 5.41) is 8.80. The van der Waals surface area contributed by atoms with Gasteiger partial charge in [0.05, 0.1) is 0 Å². The van der Waals surface area contributed by atoms with Crippen LogP contribution in [0.2, 0.25) is 0 Å². The first-order chi connectivity index (χ1) is 8.18. The molecule has 4 nitrogen and oxygen atoms in total. The van der Waals surface area contributed by atoms with Crippen molar-refractivity contribution in [3.8, 4) is 0 Å². The van der Waals surface area contributed by atoms with E-state index in [1.807, 2.05) is 0 Å². The molecule has 1 aromatic heterocycles. The van der Waals surface area contributed by atoms with Crippen molar-refractivity contribution in [1.29, 1.82) is 0 Å². The average molecular weight is 233 g/mol. The molecule has 90 valence electrons. The number of aromatic amines is 1. The zero-order chi connectivity index (χ0) is 12.0. The maximum absolute atomic E-state index is 12.2. The number of aromatic nitrogens is 1. The predicted molar refractivity (Wildman–Crippen MR) is 61.0 cm³/mol. The highest BCUT2D eigenvalue weighted by Crippen LogP contribution is 2.56. The zero-order valence-electron chi connectivity index (χ0n) is 9.48. The van der Waals surface area contributed by atoms with Gasteiger partial charge >= 0.3 is 5.97 Å². The number of carbonyl (C=O) groups excluding carboxylic acids is 1. The molecule has 1 heterocycles. The number of hydrogen-bond acceptors (Lipinski definition) is 2. The van der Waals surface area contributed by atoms with Crippen LogP contribution in [0.5, 0.6) is 0 Å². The fraction of sp³-hybridized carbons (Fsp3) is 0.538. The van der Waals surface area contributed by atoms with Crippen LogP contribution in [0, 0.1) is 17.8 Å². The Balaban J connectivity index is 1.76. The van der Waals surface area contributed by atoms with Crippen molar-refractivity contribution in [2.45, 2.75) is 25.7 Å². The minimum absolute atomic E-state index is 0.0944. The number of carboxylic acid groups (broad SMARTS) is 1. The molecule has 0 aromatic carbocycles. The van der Waals surface area contributed by atoms with Gasteiger partial charge in [-0.2, -0.15) is 0 Å². The summed E-state index contributed by atoms with van der Waals surface area (Å²) < 4.78 is 0. The van der Waals surface area contributed by atoms with Crippen LogP contribution < -0.4 is 0 Å². The van der Waals surface area contributed by atoms with Gasteiger partial charge in [-0.1, -0.05) is 12.8 Å². The summed E-state index contributed by atoms with van der Waals surface area (Å²) in [6.07, 6.45) is 6.32. The van der Waals surface area contributed by atoms with Crippen molar-refractivity contribution in [2.24, 2.45) is 17.8 Å². The zero-order valence-corrected chi connectivity index (χ0v) is 9.48. The van der Waals surface area contributed by atoms with Gasteiger partial charge in [-0.25, -0.2) is 4.79 Å². The Kier molecular flexibility index (Phi) is 2.31. The van der Waals surface area contributed by atoms with Crippen molar-refractivity contribution >= 4 is 11.8 Å². The van der Waals surface area contributed by atoms with E-state index in [9.17, 15) is 9.59 Å². The molecule has 2 atom stereocenters. The number of hydrogen-bond donors (Lipinski definition) is 2. The third-order valence-corrected chi connectivity index (χ3v) is 4.16. The van der Waals surface area contributed by atoms with Gasteiger partial charge in [0.2, 0.25) is 0 Å². The molecule has 2 saturated carbocycles. The first kappa shape index (κ1) is 10.6. The lowest BCUT2D eigenvalue weighted by Gasteiger charge is -2.04. The number of carboxylic acids is 1. The largest absolute Gasteiger partial charge is 0.477 e. The van der Waals surface area contributed by atoms with Crippen LogP contribution in [0.15, 0.2) is 12.3 Å². The first-order valence-electron chi connectivity index (χ1n) is 6.14. The topological polar surface area (TPSA) is 70.2 Å². The van der Waals surface area contributed by atoms with E-state index in [0.717, 1.165) is 12.8 Å². The maximum atomic E-state index is 12.2. The number of H-pyrrole nitrogens is 1. The van der Waals surface area contributed by atoms with Crippen LogP contribution in [0.25, 0.3) is 0 Å². The molecule has 17 heavy (non-hydrogen) atoms. The van der Waals surface area contributed by atoms with Crippen molar-refractivity contribution in [3.63, 3.8) is 0 Å². The summed E-state index contributed by atoms with van der Waals surface area (Å²) in [6.45, 7) is 0. The summed E-state index contributed by atoms with van der Waals surface area (Å²) in [5.74, 6) is 0.414. The van der Waals surface area contributed by atoms with Gasteiger partial charge in [-0.3, -0.25) is 4.79 Å². The molecule has 0 bridgehead atoms. The van der Waals surface area contributed by atoms with E-state index in [-0.39, 0.29) is 17.4 Å². The molecule has 2 aliphatic rings. The van der Waals surface area contributed by atoms with Gasteiger partial charge in [0.25, 0.3) is 0 Å². The van der Waals surface area contributed by atoms with Gasteiger partial charge in [-0.05, 0) is 30.7 Å². The third-order valence-electron chi connectivity index (χ3n) is 4.16. The molecule has 2 N–H and O–H groups in total. The highest BCUT2D eigenvalue weighted by Gasteiger charge is 2.54. The van der Waals surface area contributed by atoms with Crippen molar-refractivity contribution in [1.82, 2.24) is 4.98 Å². The molecule has 4 heteroatoms. The molecule has 1 aromatic rings. The smallest absolute Gasteiger partial charge is 0.352 e. The number of aromatic carboxylic acids is 1. The Bertz CT molecular complexity index is 465. The van der Waals surface area contributed by atoms with Crippen LogP contribution in [-0.4, -0.2) is 21.8 Å². The molecular weight excluding hydrogens is 218 g/mol. The number of ketones is 1. The minimum Gasteiger partial charge on any atom is -0.477 e. The monoisotopic (exact) mass is 233 g/mol. The predicted octanol–water partition coefficient (Wildman–Crippen LogP) is 2.33. The van der Waals surface area contributed by atoms with Gasteiger partial charge in [0, 0.05) is 17.7 Å². The minimum atomic E-state index is -1.02. The molecular formula is C13H15NO3. The Morgan fingerprint density at radius 3 is 2.41 bits per heavy atom. The van der Waals surface area contributed by atoms with Crippen LogP contribution >= 0.6 is 0 Å². The second kappa shape index (κ2) is 3.72. The summed E-state index contributed by atoms with van der Waals surface area (Å²) >= 11 is 0. The molecule has 3 rings (SSSR count). The maximum Gasteiger partial charge on any atom is 0.352 e. The number of Topliss-reactive ketones (excluding diaryl/α,β-unsaturated/α-hetero) is 1. The molecule has 0 saturated heterocycles. The Hall–Kier alpha value is -1.58. The average Bonchev–Trinajstić information content (AvgIpc) is 2.83. The Labute approximate surface area is 99.0 Å². The van der Waals surface area contributed by atoms with Crippen molar-refractivity contribution in [2.75, 3.05) is 0 Å². The standard InChI is InChI=1S/C13H15NO3/c15-12(7-5-10(13(16)17)14-6-7)11-8-3-1-2-4-9(8)11/h5-6,8-9,11,14H,1-4H2,(H,16,17). The van der Waals surface area contributed by atoms with Crippen LogP contribution in [0.1, 0.15) is 46.5 Å². The molecule has 0 amide bonds. The van der Waals surface area contributed by atoms with Crippen molar-refractivity contribution in [3.05, 3.63) is 23.5 Å². The number of nitrogens with one attached hydrogen (secondary N) is 1. The first-order valence-corrected chi connectivity index (χ1v) is 6.14. The molecule has 0 aliphatic heterocycles. The highest BCUT2D eigenvalue weighted by atomic mass is 16.4. The number of rotatable bonds is 3. The summed E-state index contributed by atoms with van der Waals surface area (Å²) in [7, 11) is 0. The quantitative estimate of drug-likeness (QED) is 0.787. The molecule has 2 aliphatic carbocycles. The normalized spacial score (nSPS) is 30.7. The van der Waals surface area contributed by atoms with Gasteiger partial charge in [-0.15, -0.1) is 0 Å². The molecule has 0 spiro atoms. The second-order valence-electron chi connectivity index (χ2n) is 5.11. The van der Waals surface area contributed by atoms with Gasteiger partial charge < -0.3 is 10.1 Å². The Morgan fingerprint density at radius 2 is 1.88 bits per heavy atom. The van der Waals surface area contributed by atoms with Crippen LogP contribution in [0.4, 0.5) is 0 Å². The molecule has 2 fully saturated rings. The summed E-state index contributed by atoms with van der Waals surface area (Å²) in [4.78, 5) is 25.6. The lowest BCUT2D eigenvalue weighted by atomic mass is 10.0. The Morgan fingerprint density at radius 1 is 1.24 bits per heavy atom. The summed E-state index contributed by atoms with van der Waals surface area (Å²) in [6, 6.07) is 1.45. The summed E-state index contributed by atoms with van der Waals surface area (Å²) in [5.41, 5.74) is 0.624. The molecule has 0 radical (unpaired) electrons. The number of carbonyl (C=O) groups is 2. The SMILES string of the molecule is O=C(O)c1cc(C(=O)C2C3CCCCC32)c[nH]1. The van der Waals surface area contributed by atoms with E-state index >= 15 is 0 Å². The van der Waals surface area contributed by atoms with E-state index in [2.05, 4.69) is 4.98 Å².